The van der Waals surface area contributed by atoms with Crippen molar-refractivity contribution in [1.82, 2.24) is 4.98 Å². The van der Waals surface area contributed by atoms with Gasteiger partial charge in [0.25, 0.3) is 12.1 Å². The molecule has 0 aliphatic carbocycles. The Morgan fingerprint density at radius 3 is 2.64 bits per heavy atom. The molecule has 0 N–H and O–H groups in total. The molecule has 0 saturated carbocycles. The molecular formula is C7H4F2N2O3. The third-order valence-corrected chi connectivity index (χ3v) is 1.48. The Kier molecular flexibility index (Phi) is 2.80. The minimum atomic E-state index is -2.85. The molecule has 1 aromatic heterocycles. The molecule has 0 spiro atoms. The van der Waals surface area contributed by atoms with E-state index in [1.807, 2.05) is 0 Å². The molecule has 0 aliphatic rings. The number of carbonyl (C=O) groups is 1. The lowest BCUT2D eigenvalue weighted by Gasteiger charge is -1.99. The number of aromatic nitrogens is 1. The van der Waals surface area contributed by atoms with E-state index in [1.165, 1.54) is 0 Å². The average Bonchev–Trinajstić information content (AvgIpc) is 2.16. The molecule has 0 aliphatic heterocycles. The Morgan fingerprint density at radius 1 is 1.57 bits per heavy atom. The van der Waals surface area contributed by atoms with Crippen LogP contribution in [0.25, 0.3) is 0 Å². The van der Waals surface area contributed by atoms with Gasteiger partial charge in [0.05, 0.1) is 4.92 Å². The van der Waals surface area contributed by atoms with Crippen LogP contribution in [0.5, 0.6) is 0 Å². The Morgan fingerprint density at radius 2 is 2.21 bits per heavy atom. The van der Waals surface area contributed by atoms with Gasteiger partial charge in [-0.2, -0.15) is 0 Å². The van der Waals surface area contributed by atoms with Crippen LogP contribution in [0, 0.1) is 10.1 Å². The van der Waals surface area contributed by atoms with Crippen LogP contribution in [0.3, 0.4) is 0 Å². The number of alkyl halides is 2. The zero-order valence-corrected chi connectivity index (χ0v) is 6.68. The summed E-state index contributed by atoms with van der Waals surface area (Å²) in [7, 11) is 0. The van der Waals surface area contributed by atoms with Crippen LogP contribution in [0.2, 0.25) is 0 Å². The lowest BCUT2D eigenvalue weighted by Crippen LogP contribution is -1.99. The van der Waals surface area contributed by atoms with Crippen LogP contribution < -0.4 is 0 Å². The van der Waals surface area contributed by atoms with Crippen LogP contribution in [-0.4, -0.2) is 16.2 Å². The number of carbonyl (C=O) groups excluding carboxylic acids is 1. The van der Waals surface area contributed by atoms with Gasteiger partial charge in [-0.15, -0.1) is 0 Å². The third-order valence-electron chi connectivity index (χ3n) is 1.48. The lowest BCUT2D eigenvalue weighted by atomic mass is 10.2. The standard InChI is InChI=1S/C7H4F2N2O3/c8-7(9)4-1-6(11(13)14)5(3-12)10-2-4/h1-3,7H. The van der Waals surface area contributed by atoms with E-state index in [0.29, 0.717) is 6.07 Å². The smallest absolute Gasteiger partial charge is 0.296 e. The van der Waals surface area contributed by atoms with Gasteiger partial charge in [-0.3, -0.25) is 14.9 Å². The van der Waals surface area contributed by atoms with Crippen LogP contribution in [-0.2, 0) is 0 Å². The maximum atomic E-state index is 12.1. The zero-order valence-electron chi connectivity index (χ0n) is 6.68. The van der Waals surface area contributed by atoms with Gasteiger partial charge in [0.15, 0.2) is 12.0 Å². The summed E-state index contributed by atoms with van der Waals surface area (Å²) in [6, 6.07) is 0.640. The number of halogens is 2. The number of pyridine rings is 1. The predicted molar refractivity (Wildman–Crippen MR) is 41.2 cm³/mol. The van der Waals surface area contributed by atoms with Gasteiger partial charge in [-0.05, 0) is 0 Å². The molecule has 0 fully saturated rings. The molecule has 1 aromatic rings. The highest BCUT2D eigenvalue weighted by Crippen LogP contribution is 2.23. The molecular weight excluding hydrogens is 198 g/mol. The minimum absolute atomic E-state index is 0.146. The Bertz CT molecular complexity index is 381. The maximum Gasteiger partial charge on any atom is 0.298 e. The van der Waals surface area contributed by atoms with Crippen molar-refractivity contribution in [2.24, 2.45) is 0 Å². The van der Waals surface area contributed by atoms with Crippen molar-refractivity contribution in [3.05, 3.63) is 33.6 Å². The molecule has 0 amide bonds. The zero-order chi connectivity index (χ0) is 10.7. The van der Waals surface area contributed by atoms with E-state index < -0.39 is 28.3 Å². The normalized spacial score (nSPS) is 10.2. The second-order valence-corrected chi connectivity index (χ2v) is 2.35. The first kappa shape index (κ1) is 10.2. The van der Waals surface area contributed by atoms with Crippen molar-refractivity contribution in [2.75, 3.05) is 0 Å². The number of aldehydes is 1. The second kappa shape index (κ2) is 3.86. The number of nitro groups is 1. The number of hydrogen-bond acceptors (Lipinski definition) is 4. The average molecular weight is 202 g/mol. The summed E-state index contributed by atoms with van der Waals surface area (Å²) >= 11 is 0. The van der Waals surface area contributed by atoms with Crippen LogP contribution >= 0.6 is 0 Å². The van der Waals surface area contributed by atoms with E-state index in [2.05, 4.69) is 4.98 Å². The summed E-state index contributed by atoms with van der Waals surface area (Å²) < 4.78 is 24.2. The fourth-order valence-corrected chi connectivity index (χ4v) is 0.836. The summed E-state index contributed by atoms with van der Waals surface area (Å²) in [6.45, 7) is 0. The van der Waals surface area contributed by atoms with E-state index in [0.717, 1.165) is 6.20 Å². The summed E-state index contributed by atoms with van der Waals surface area (Å²) in [5, 5.41) is 10.3. The molecule has 0 bridgehead atoms. The van der Waals surface area contributed by atoms with E-state index in [-0.39, 0.29) is 6.29 Å². The van der Waals surface area contributed by atoms with Crippen LogP contribution in [0.15, 0.2) is 12.3 Å². The van der Waals surface area contributed by atoms with Crippen molar-refractivity contribution < 1.29 is 18.5 Å². The first-order valence-electron chi connectivity index (χ1n) is 3.44. The van der Waals surface area contributed by atoms with Crippen molar-refractivity contribution in [2.45, 2.75) is 6.43 Å². The van der Waals surface area contributed by atoms with Gasteiger partial charge >= 0.3 is 0 Å². The van der Waals surface area contributed by atoms with E-state index in [9.17, 15) is 23.7 Å². The Hall–Kier alpha value is -1.92. The first-order valence-corrected chi connectivity index (χ1v) is 3.44. The molecule has 1 rings (SSSR count). The minimum Gasteiger partial charge on any atom is -0.296 e. The van der Waals surface area contributed by atoms with Gasteiger partial charge < -0.3 is 0 Å². The first-order chi connectivity index (χ1) is 6.56. The summed E-state index contributed by atoms with van der Waals surface area (Å²) in [5.74, 6) is 0. The molecule has 7 heteroatoms. The SMILES string of the molecule is O=Cc1ncc(C(F)F)cc1[N+](=O)[O-]. The fraction of sp³-hybridized carbons (Fsp3) is 0.143. The molecule has 0 aromatic carbocycles. The number of hydrogen-bond donors (Lipinski definition) is 0. The molecule has 0 saturated heterocycles. The highest BCUT2D eigenvalue weighted by Gasteiger charge is 2.18. The molecule has 0 radical (unpaired) electrons. The molecule has 14 heavy (non-hydrogen) atoms. The quantitative estimate of drug-likeness (QED) is 0.425. The molecule has 74 valence electrons. The van der Waals surface area contributed by atoms with E-state index in [1.54, 1.807) is 0 Å². The third kappa shape index (κ3) is 1.87. The van der Waals surface area contributed by atoms with Crippen molar-refractivity contribution in [3.63, 3.8) is 0 Å². The lowest BCUT2D eigenvalue weighted by molar-refractivity contribution is -0.385. The van der Waals surface area contributed by atoms with E-state index >= 15 is 0 Å². The van der Waals surface area contributed by atoms with Gasteiger partial charge in [0.1, 0.15) is 0 Å². The van der Waals surface area contributed by atoms with E-state index in [4.69, 9.17) is 0 Å². The number of nitrogens with zero attached hydrogens (tertiary/aromatic N) is 2. The monoisotopic (exact) mass is 202 g/mol. The van der Waals surface area contributed by atoms with Crippen molar-refractivity contribution in [3.8, 4) is 0 Å². The number of rotatable bonds is 3. The summed E-state index contributed by atoms with van der Waals surface area (Å²) in [4.78, 5) is 22.9. The topological polar surface area (TPSA) is 73.1 Å². The Balaban J connectivity index is 3.27. The van der Waals surface area contributed by atoms with Gasteiger partial charge in [-0.1, -0.05) is 0 Å². The van der Waals surface area contributed by atoms with Crippen LogP contribution in [0.4, 0.5) is 14.5 Å². The maximum absolute atomic E-state index is 12.1. The van der Waals surface area contributed by atoms with Gasteiger partial charge in [0, 0.05) is 17.8 Å². The molecule has 1 heterocycles. The van der Waals surface area contributed by atoms with Gasteiger partial charge in [-0.25, -0.2) is 13.8 Å². The fourth-order valence-electron chi connectivity index (χ4n) is 0.836. The summed E-state index contributed by atoms with van der Waals surface area (Å²) in [5.41, 5.74) is -1.75. The van der Waals surface area contributed by atoms with Crippen LogP contribution in [0.1, 0.15) is 22.5 Å². The summed E-state index contributed by atoms with van der Waals surface area (Å²) in [6.07, 6.45) is -1.96. The highest BCUT2D eigenvalue weighted by molar-refractivity contribution is 5.78. The highest BCUT2D eigenvalue weighted by atomic mass is 19.3. The van der Waals surface area contributed by atoms with Gasteiger partial charge in [0.2, 0.25) is 0 Å². The molecule has 5 nitrogen and oxygen atoms in total. The Labute approximate surface area is 76.5 Å². The predicted octanol–water partition coefficient (Wildman–Crippen LogP) is 1.74. The molecule has 0 unspecified atom stereocenters. The van der Waals surface area contributed by atoms with Crippen molar-refractivity contribution in [1.29, 1.82) is 0 Å². The second-order valence-electron chi connectivity index (χ2n) is 2.35. The van der Waals surface area contributed by atoms with Crippen molar-refractivity contribution >= 4 is 12.0 Å². The largest absolute Gasteiger partial charge is 0.298 e. The molecule has 0 atom stereocenters.